The maximum absolute atomic E-state index is 12.3. The fraction of sp³-hybridized carbons (Fsp3) is 0.0556. The summed E-state index contributed by atoms with van der Waals surface area (Å²) in [5.41, 5.74) is 3.89. The molecule has 0 aliphatic rings. The summed E-state index contributed by atoms with van der Waals surface area (Å²) < 4.78 is 0. The van der Waals surface area contributed by atoms with E-state index in [9.17, 15) is 9.90 Å². The van der Waals surface area contributed by atoms with Gasteiger partial charge >= 0.3 is 0 Å². The number of hydrogen-bond acceptors (Lipinski definition) is 2. The zero-order valence-corrected chi connectivity index (χ0v) is 11.8. The molecule has 0 saturated heterocycles. The van der Waals surface area contributed by atoms with Gasteiger partial charge in [-0.1, -0.05) is 24.3 Å². The van der Waals surface area contributed by atoms with E-state index in [0.29, 0.717) is 5.56 Å². The lowest BCUT2D eigenvalue weighted by molar-refractivity contribution is 0.282. The first-order valence-electron chi connectivity index (χ1n) is 7.09. The van der Waals surface area contributed by atoms with Gasteiger partial charge in [-0.25, -0.2) is 0 Å². The Balaban J connectivity index is 1.94. The van der Waals surface area contributed by atoms with Crippen molar-refractivity contribution in [2.75, 3.05) is 0 Å². The van der Waals surface area contributed by atoms with Gasteiger partial charge < -0.3 is 15.1 Å². The number of aliphatic hydroxyl groups is 1. The zero-order valence-electron chi connectivity index (χ0n) is 11.8. The SMILES string of the molecule is O=c1[nH]c2ccccc2cc1-c1cc2cc(CO)ccc2[nH]1. The number of para-hydroxylation sites is 1. The van der Waals surface area contributed by atoms with Gasteiger partial charge in [0, 0.05) is 16.4 Å². The van der Waals surface area contributed by atoms with Crippen molar-refractivity contribution in [3.63, 3.8) is 0 Å². The van der Waals surface area contributed by atoms with Gasteiger partial charge in [0.15, 0.2) is 0 Å². The van der Waals surface area contributed by atoms with E-state index in [4.69, 9.17) is 0 Å². The van der Waals surface area contributed by atoms with E-state index in [2.05, 4.69) is 9.97 Å². The maximum Gasteiger partial charge on any atom is 0.257 e. The molecule has 2 heterocycles. The number of aromatic nitrogens is 2. The minimum atomic E-state index is -0.118. The van der Waals surface area contributed by atoms with Gasteiger partial charge in [-0.15, -0.1) is 0 Å². The van der Waals surface area contributed by atoms with Crippen molar-refractivity contribution in [3.05, 3.63) is 70.5 Å². The first-order chi connectivity index (χ1) is 10.7. The molecule has 0 amide bonds. The third-order valence-electron chi connectivity index (χ3n) is 3.91. The molecular formula is C18H14N2O2. The second kappa shape index (κ2) is 4.86. The van der Waals surface area contributed by atoms with Crippen LogP contribution in [0.3, 0.4) is 0 Å². The minimum Gasteiger partial charge on any atom is -0.392 e. The van der Waals surface area contributed by atoms with Gasteiger partial charge in [-0.2, -0.15) is 0 Å². The largest absolute Gasteiger partial charge is 0.392 e. The van der Waals surface area contributed by atoms with E-state index in [0.717, 1.165) is 33.1 Å². The maximum atomic E-state index is 12.3. The normalized spacial score (nSPS) is 11.3. The molecule has 0 fully saturated rings. The van der Waals surface area contributed by atoms with Gasteiger partial charge in [0.05, 0.1) is 17.9 Å². The Morgan fingerprint density at radius 1 is 0.864 bits per heavy atom. The van der Waals surface area contributed by atoms with Crippen LogP contribution in [0.15, 0.2) is 59.4 Å². The van der Waals surface area contributed by atoms with Gasteiger partial charge in [0.2, 0.25) is 0 Å². The quantitative estimate of drug-likeness (QED) is 0.531. The van der Waals surface area contributed by atoms with Crippen LogP contribution in [0, 0.1) is 0 Å². The molecule has 0 aliphatic carbocycles. The average Bonchev–Trinajstić information content (AvgIpc) is 2.96. The summed E-state index contributed by atoms with van der Waals surface area (Å²) in [6, 6.07) is 17.2. The average molecular weight is 290 g/mol. The Kier molecular flexibility index (Phi) is 2.84. The number of hydrogen-bond donors (Lipinski definition) is 3. The molecule has 4 aromatic rings. The van der Waals surface area contributed by atoms with Crippen LogP contribution in [-0.2, 0) is 6.61 Å². The topological polar surface area (TPSA) is 68.9 Å². The molecule has 0 saturated carbocycles. The highest BCUT2D eigenvalue weighted by molar-refractivity contribution is 5.89. The summed E-state index contributed by atoms with van der Waals surface area (Å²) in [5.74, 6) is 0. The third kappa shape index (κ3) is 2.01. The molecule has 0 radical (unpaired) electrons. The Morgan fingerprint density at radius 2 is 1.68 bits per heavy atom. The molecule has 0 spiro atoms. The van der Waals surface area contributed by atoms with Crippen molar-refractivity contribution >= 4 is 21.8 Å². The molecule has 0 atom stereocenters. The smallest absolute Gasteiger partial charge is 0.257 e. The van der Waals surface area contributed by atoms with Crippen molar-refractivity contribution in [1.29, 1.82) is 0 Å². The van der Waals surface area contributed by atoms with Gasteiger partial charge in [0.25, 0.3) is 5.56 Å². The fourth-order valence-corrected chi connectivity index (χ4v) is 2.77. The highest BCUT2D eigenvalue weighted by Crippen LogP contribution is 2.24. The van der Waals surface area contributed by atoms with Crippen LogP contribution in [0.2, 0.25) is 0 Å². The first kappa shape index (κ1) is 12.9. The molecule has 4 heteroatoms. The first-order valence-corrected chi connectivity index (χ1v) is 7.09. The number of H-pyrrole nitrogens is 2. The van der Waals surface area contributed by atoms with Crippen molar-refractivity contribution < 1.29 is 5.11 Å². The second-order valence-electron chi connectivity index (χ2n) is 5.36. The molecule has 4 rings (SSSR count). The van der Waals surface area contributed by atoms with Crippen molar-refractivity contribution in [3.8, 4) is 11.3 Å². The predicted molar refractivity (Wildman–Crippen MR) is 87.8 cm³/mol. The highest BCUT2D eigenvalue weighted by atomic mass is 16.3. The monoisotopic (exact) mass is 290 g/mol. The Bertz CT molecular complexity index is 1040. The lowest BCUT2D eigenvalue weighted by Gasteiger charge is -2.01. The van der Waals surface area contributed by atoms with Crippen molar-refractivity contribution in [2.24, 2.45) is 0 Å². The summed E-state index contributed by atoms with van der Waals surface area (Å²) >= 11 is 0. The summed E-state index contributed by atoms with van der Waals surface area (Å²) in [5, 5.41) is 11.2. The van der Waals surface area contributed by atoms with E-state index in [-0.39, 0.29) is 12.2 Å². The molecule has 2 aromatic heterocycles. The number of pyridine rings is 1. The molecular weight excluding hydrogens is 276 g/mol. The number of rotatable bonds is 2. The van der Waals surface area contributed by atoms with Crippen LogP contribution in [0.5, 0.6) is 0 Å². The summed E-state index contributed by atoms with van der Waals surface area (Å²) in [4.78, 5) is 18.5. The Hall–Kier alpha value is -2.85. The van der Waals surface area contributed by atoms with Crippen LogP contribution in [0.1, 0.15) is 5.56 Å². The molecule has 22 heavy (non-hydrogen) atoms. The van der Waals surface area contributed by atoms with E-state index in [1.165, 1.54) is 0 Å². The van der Waals surface area contributed by atoms with Crippen LogP contribution in [0.25, 0.3) is 33.1 Å². The Labute approximate surface area is 126 Å². The van der Waals surface area contributed by atoms with Crippen LogP contribution in [0.4, 0.5) is 0 Å². The van der Waals surface area contributed by atoms with E-state index in [1.807, 2.05) is 54.6 Å². The lowest BCUT2D eigenvalue weighted by atomic mass is 10.1. The standard InChI is InChI=1S/C18H14N2O2/c21-10-11-5-6-16-13(7-11)9-17(19-16)14-8-12-3-1-2-4-15(12)20-18(14)22/h1-9,19,21H,10H2,(H,20,22). The zero-order chi connectivity index (χ0) is 15.1. The molecule has 0 bridgehead atoms. The van der Waals surface area contributed by atoms with E-state index in [1.54, 1.807) is 0 Å². The number of fused-ring (bicyclic) bond motifs is 2. The predicted octanol–water partition coefficient (Wildman–Crippen LogP) is 3.17. The van der Waals surface area contributed by atoms with Crippen molar-refractivity contribution in [1.82, 2.24) is 9.97 Å². The number of nitrogens with one attached hydrogen (secondary N) is 2. The molecule has 0 unspecified atom stereocenters. The fourth-order valence-electron chi connectivity index (χ4n) is 2.77. The molecule has 108 valence electrons. The van der Waals surface area contributed by atoms with E-state index >= 15 is 0 Å². The van der Waals surface area contributed by atoms with Crippen LogP contribution < -0.4 is 5.56 Å². The van der Waals surface area contributed by atoms with E-state index < -0.39 is 0 Å². The van der Waals surface area contributed by atoms with Gasteiger partial charge in [-0.3, -0.25) is 4.79 Å². The molecule has 3 N–H and O–H groups in total. The van der Waals surface area contributed by atoms with Gasteiger partial charge in [-0.05, 0) is 41.3 Å². The lowest BCUT2D eigenvalue weighted by Crippen LogP contribution is -2.08. The summed E-state index contributed by atoms with van der Waals surface area (Å²) in [6.45, 7) is 0.00696. The van der Waals surface area contributed by atoms with Crippen LogP contribution >= 0.6 is 0 Å². The Morgan fingerprint density at radius 3 is 2.55 bits per heavy atom. The third-order valence-corrected chi connectivity index (χ3v) is 3.91. The molecule has 2 aromatic carbocycles. The minimum absolute atomic E-state index is 0.00696. The summed E-state index contributed by atoms with van der Waals surface area (Å²) in [6.07, 6.45) is 0. The van der Waals surface area contributed by atoms with Gasteiger partial charge in [0.1, 0.15) is 0 Å². The molecule has 4 nitrogen and oxygen atoms in total. The number of aromatic amines is 2. The summed E-state index contributed by atoms with van der Waals surface area (Å²) in [7, 11) is 0. The van der Waals surface area contributed by atoms with Crippen LogP contribution in [-0.4, -0.2) is 15.1 Å². The highest BCUT2D eigenvalue weighted by Gasteiger charge is 2.09. The van der Waals surface area contributed by atoms with Crippen molar-refractivity contribution in [2.45, 2.75) is 6.61 Å². The second-order valence-corrected chi connectivity index (χ2v) is 5.36. The molecule has 0 aliphatic heterocycles. The number of benzene rings is 2. The number of aliphatic hydroxyl groups excluding tert-OH is 1.